The van der Waals surface area contributed by atoms with Crippen LogP contribution in [0.1, 0.15) is 32.7 Å². The topological polar surface area (TPSA) is 65.1 Å². The molecule has 7 nitrogen and oxygen atoms in total. The summed E-state index contributed by atoms with van der Waals surface area (Å²) in [4.78, 5) is 32.8. The van der Waals surface area contributed by atoms with Gasteiger partial charge < -0.3 is 19.9 Å². The van der Waals surface area contributed by atoms with Crippen molar-refractivity contribution in [1.29, 1.82) is 0 Å². The number of fused-ring (bicyclic) bond motifs is 1. The van der Waals surface area contributed by atoms with E-state index in [1.54, 1.807) is 18.1 Å². The summed E-state index contributed by atoms with van der Waals surface area (Å²) in [6.45, 7) is 5.78. The molecule has 0 aliphatic carbocycles. The minimum Gasteiger partial charge on any atom is -0.497 e. The summed E-state index contributed by atoms with van der Waals surface area (Å²) in [5.74, 6) is 0.381. The van der Waals surface area contributed by atoms with E-state index in [0.29, 0.717) is 24.2 Å². The predicted molar refractivity (Wildman–Crippen MR) is 147 cm³/mol. The first-order valence-electron chi connectivity index (χ1n) is 12.6. The highest BCUT2D eigenvalue weighted by atomic mass is 35.5. The molecule has 5 rings (SSSR count). The SMILES string of the molecule is COc1ccc(N2Cc3cccc(C(=O)NCCCN4CCN(c5cccc(Cl)c5)CC4)c3C2=O)cc1. The van der Waals surface area contributed by atoms with E-state index in [1.807, 2.05) is 54.6 Å². The molecule has 2 amide bonds. The normalized spacial score (nSPS) is 15.6. The molecule has 0 bridgehead atoms. The second-order valence-electron chi connectivity index (χ2n) is 9.35. The zero-order chi connectivity index (χ0) is 25.8. The molecule has 2 heterocycles. The lowest BCUT2D eigenvalue weighted by Gasteiger charge is -2.36. The summed E-state index contributed by atoms with van der Waals surface area (Å²) in [5, 5.41) is 3.78. The molecule has 0 spiro atoms. The van der Waals surface area contributed by atoms with Crippen molar-refractivity contribution >= 4 is 34.8 Å². The Kier molecular flexibility index (Phi) is 7.63. The van der Waals surface area contributed by atoms with Crippen LogP contribution in [0, 0.1) is 0 Å². The van der Waals surface area contributed by atoms with Crippen molar-refractivity contribution in [2.45, 2.75) is 13.0 Å². The van der Waals surface area contributed by atoms with Gasteiger partial charge in [-0.15, -0.1) is 0 Å². The number of carbonyl (C=O) groups is 2. The molecule has 8 heteroatoms. The molecule has 1 saturated heterocycles. The van der Waals surface area contributed by atoms with Crippen LogP contribution in [0.4, 0.5) is 11.4 Å². The molecule has 0 atom stereocenters. The van der Waals surface area contributed by atoms with E-state index in [9.17, 15) is 9.59 Å². The average Bonchev–Trinajstić information content (AvgIpc) is 3.28. The van der Waals surface area contributed by atoms with Crippen molar-refractivity contribution in [3.8, 4) is 5.75 Å². The second kappa shape index (κ2) is 11.2. The zero-order valence-electron chi connectivity index (χ0n) is 21.0. The van der Waals surface area contributed by atoms with Crippen LogP contribution in [-0.4, -0.2) is 63.1 Å². The maximum Gasteiger partial charge on any atom is 0.259 e. The van der Waals surface area contributed by atoms with Gasteiger partial charge in [0.1, 0.15) is 5.75 Å². The van der Waals surface area contributed by atoms with E-state index in [4.69, 9.17) is 16.3 Å². The molecule has 1 fully saturated rings. The van der Waals surface area contributed by atoms with Crippen molar-refractivity contribution in [2.75, 3.05) is 56.2 Å². The fourth-order valence-corrected chi connectivity index (χ4v) is 5.21. The van der Waals surface area contributed by atoms with E-state index in [1.165, 1.54) is 0 Å². The summed E-state index contributed by atoms with van der Waals surface area (Å²) in [6, 6.07) is 20.9. The Balaban J connectivity index is 1.12. The fraction of sp³-hybridized carbons (Fsp3) is 0.310. The molecular weight excluding hydrogens is 488 g/mol. The Morgan fingerprint density at radius 1 is 0.973 bits per heavy atom. The van der Waals surface area contributed by atoms with Gasteiger partial charge in [0.05, 0.1) is 24.8 Å². The second-order valence-corrected chi connectivity index (χ2v) is 9.78. The summed E-state index contributed by atoms with van der Waals surface area (Å²) in [5.41, 5.74) is 3.74. The minimum atomic E-state index is -0.201. The van der Waals surface area contributed by atoms with E-state index < -0.39 is 0 Å². The van der Waals surface area contributed by atoms with Gasteiger partial charge in [0.15, 0.2) is 0 Å². The smallest absolute Gasteiger partial charge is 0.259 e. The van der Waals surface area contributed by atoms with Gasteiger partial charge in [0.25, 0.3) is 11.8 Å². The van der Waals surface area contributed by atoms with Crippen molar-refractivity contribution < 1.29 is 14.3 Å². The van der Waals surface area contributed by atoms with Crippen LogP contribution < -0.4 is 19.9 Å². The van der Waals surface area contributed by atoms with Crippen LogP contribution >= 0.6 is 11.6 Å². The van der Waals surface area contributed by atoms with Crippen LogP contribution in [0.3, 0.4) is 0 Å². The maximum absolute atomic E-state index is 13.3. The monoisotopic (exact) mass is 518 g/mol. The molecule has 192 valence electrons. The maximum atomic E-state index is 13.3. The first-order valence-corrected chi connectivity index (χ1v) is 13.0. The van der Waals surface area contributed by atoms with Gasteiger partial charge in [-0.25, -0.2) is 0 Å². The van der Waals surface area contributed by atoms with Gasteiger partial charge in [0.2, 0.25) is 0 Å². The summed E-state index contributed by atoms with van der Waals surface area (Å²) >= 11 is 6.13. The van der Waals surface area contributed by atoms with Crippen molar-refractivity contribution in [3.63, 3.8) is 0 Å². The van der Waals surface area contributed by atoms with Crippen LogP contribution in [0.25, 0.3) is 0 Å². The minimum absolute atomic E-state index is 0.150. The number of carbonyl (C=O) groups excluding carboxylic acids is 2. The first kappa shape index (κ1) is 25.1. The number of anilines is 2. The summed E-state index contributed by atoms with van der Waals surface area (Å²) < 4.78 is 5.22. The van der Waals surface area contributed by atoms with Gasteiger partial charge in [-0.05, 0) is 67.1 Å². The third-order valence-electron chi connectivity index (χ3n) is 7.05. The molecule has 2 aliphatic heterocycles. The van der Waals surface area contributed by atoms with Gasteiger partial charge in [-0.2, -0.15) is 0 Å². The van der Waals surface area contributed by atoms with Gasteiger partial charge in [-0.3, -0.25) is 14.5 Å². The number of nitrogens with one attached hydrogen (secondary N) is 1. The number of ether oxygens (including phenoxy) is 1. The molecule has 37 heavy (non-hydrogen) atoms. The highest BCUT2D eigenvalue weighted by molar-refractivity contribution is 6.30. The summed E-state index contributed by atoms with van der Waals surface area (Å²) in [7, 11) is 1.61. The van der Waals surface area contributed by atoms with Crippen LogP contribution in [0.5, 0.6) is 5.75 Å². The zero-order valence-corrected chi connectivity index (χ0v) is 21.7. The quantitative estimate of drug-likeness (QED) is 0.446. The number of rotatable bonds is 8. The average molecular weight is 519 g/mol. The van der Waals surface area contributed by atoms with Crippen LogP contribution in [-0.2, 0) is 6.54 Å². The molecule has 0 radical (unpaired) electrons. The number of piperazine rings is 1. The fourth-order valence-electron chi connectivity index (χ4n) is 5.02. The van der Waals surface area contributed by atoms with E-state index >= 15 is 0 Å². The van der Waals surface area contributed by atoms with Crippen molar-refractivity contribution in [1.82, 2.24) is 10.2 Å². The van der Waals surface area contributed by atoms with E-state index in [2.05, 4.69) is 21.2 Å². The highest BCUT2D eigenvalue weighted by Gasteiger charge is 2.32. The number of hydrogen-bond acceptors (Lipinski definition) is 5. The van der Waals surface area contributed by atoms with E-state index in [0.717, 1.165) is 66.9 Å². The molecule has 0 aromatic heterocycles. The number of hydrogen-bond donors (Lipinski definition) is 1. The standard InChI is InChI=1S/C29H31ClN4O3/c1-37-25-11-9-23(10-12-25)34-20-21-5-2-8-26(27(21)29(34)36)28(35)31-13-4-14-32-15-17-33(18-16-32)24-7-3-6-22(30)19-24/h2-3,5-12,19H,4,13-18,20H2,1H3,(H,31,35). The molecule has 1 N–H and O–H groups in total. The van der Waals surface area contributed by atoms with E-state index in [-0.39, 0.29) is 11.8 Å². The number of halogens is 1. The third kappa shape index (κ3) is 5.58. The van der Waals surface area contributed by atoms with Gasteiger partial charge in [-0.1, -0.05) is 29.8 Å². The van der Waals surface area contributed by atoms with Crippen molar-refractivity contribution in [2.24, 2.45) is 0 Å². The Hall–Kier alpha value is -3.55. The number of methoxy groups -OCH3 is 1. The Morgan fingerprint density at radius 2 is 1.73 bits per heavy atom. The number of amides is 2. The molecule has 3 aromatic carbocycles. The lowest BCUT2D eigenvalue weighted by molar-refractivity contribution is 0.0935. The van der Waals surface area contributed by atoms with Crippen molar-refractivity contribution in [3.05, 3.63) is 88.4 Å². The Bertz CT molecular complexity index is 1270. The van der Waals surface area contributed by atoms with Gasteiger partial charge >= 0.3 is 0 Å². The Labute approximate surface area is 222 Å². The third-order valence-corrected chi connectivity index (χ3v) is 7.28. The number of benzene rings is 3. The van der Waals surface area contributed by atoms with Crippen LogP contribution in [0.15, 0.2) is 66.7 Å². The van der Waals surface area contributed by atoms with Gasteiger partial charge in [0, 0.05) is 49.1 Å². The largest absolute Gasteiger partial charge is 0.497 e. The summed E-state index contributed by atoms with van der Waals surface area (Å²) in [6.07, 6.45) is 0.851. The number of nitrogens with zero attached hydrogens (tertiary/aromatic N) is 3. The predicted octanol–water partition coefficient (Wildman–Crippen LogP) is 4.45. The first-order chi connectivity index (χ1) is 18.0. The Morgan fingerprint density at radius 3 is 2.46 bits per heavy atom. The van der Waals surface area contributed by atoms with Crippen LogP contribution in [0.2, 0.25) is 5.02 Å². The molecule has 0 unspecified atom stereocenters. The molecule has 0 saturated carbocycles. The molecule has 3 aromatic rings. The lowest BCUT2D eigenvalue weighted by Crippen LogP contribution is -2.47. The molecular formula is C29H31ClN4O3. The molecule has 2 aliphatic rings. The lowest BCUT2D eigenvalue weighted by atomic mass is 10.0. The highest BCUT2D eigenvalue weighted by Crippen LogP contribution is 2.31.